The van der Waals surface area contributed by atoms with Crippen LogP contribution >= 0.6 is 11.3 Å². The Hall–Kier alpha value is -0.340. The Morgan fingerprint density at radius 3 is 3.08 bits per heavy atom. The van der Waals surface area contributed by atoms with Crippen molar-refractivity contribution in [1.29, 1.82) is 0 Å². The number of likely N-dealkylation sites (N-methyl/N-ethyl adjacent to an activating group) is 1. The van der Waals surface area contributed by atoms with Crippen LogP contribution in [0.4, 0.5) is 0 Å². The van der Waals surface area contributed by atoms with E-state index < -0.39 is 0 Å². The smallest absolute Gasteiger partial charge is 0.0141 e. The second kappa shape index (κ2) is 3.19. The molecule has 2 rings (SSSR count). The minimum Gasteiger partial charge on any atom is -0.306 e. The predicted octanol–water partition coefficient (Wildman–Crippen LogP) is 2.17. The molecule has 66 valence electrons. The molecular formula is C10H15NS. The van der Waals surface area contributed by atoms with Crippen LogP contribution in [-0.2, 0) is 12.8 Å². The maximum Gasteiger partial charge on any atom is 0.0141 e. The van der Waals surface area contributed by atoms with E-state index in [1.165, 1.54) is 19.3 Å². The molecule has 0 bridgehead atoms. The Morgan fingerprint density at radius 2 is 2.33 bits per heavy atom. The van der Waals surface area contributed by atoms with Gasteiger partial charge in [-0.15, -0.1) is 11.3 Å². The molecule has 0 radical (unpaired) electrons. The van der Waals surface area contributed by atoms with E-state index in [1.54, 1.807) is 10.4 Å². The van der Waals surface area contributed by atoms with Crippen molar-refractivity contribution >= 4 is 11.3 Å². The van der Waals surface area contributed by atoms with Crippen LogP contribution in [0.25, 0.3) is 0 Å². The van der Waals surface area contributed by atoms with Crippen molar-refractivity contribution in [2.45, 2.75) is 25.3 Å². The van der Waals surface area contributed by atoms with Gasteiger partial charge in [-0.2, -0.15) is 0 Å². The summed E-state index contributed by atoms with van der Waals surface area (Å²) in [7, 11) is 4.37. The van der Waals surface area contributed by atoms with Gasteiger partial charge in [-0.25, -0.2) is 0 Å². The highest BCUT2D eigenvalue weighted by atomic mass is 32.1. The second-order valence-electron chi connectivity index (χ2n) is 3.73. The SMILES string of the molecule is CN(C)C1CCc2ccsc2C1. The van der Waals surface area contributed by atoms with Crippen LogP contribution in [0, 0.1) is 0 Å². The van der Waals surface area contributed by atoms with Crippen molar-refractivity contribution < 1.29 is 0 Å². The minimum atomic E-state index is 0.774. The number of rotatable bonds is 1. The van der Waals surface area contributed by atoms with E-state index in [0.717, 1.165) is 6.04 Å². The Balaban J connectivity index is 2.15. The fraction of sp³-hybridized carbons (Fsp3) is 0.600. The molecule has 1 aromatic rings. The Morgan fingerprint density at radius 1 is 1.50 bits per heavy atom. The average molecular weight is 181 g/mol. The van der Waals surface area contributed by atoms with Crippen molar-refractivity contribution in [3.63, 3.8) is 0 Å². The van der Waals surface area contributed by atoms with Gasteiger partial charge in [0.05, 0.1) is 0 Å². The highest BCUT2D eigenvalue weighted by molar-refractivity contribution is 7.10. The lowest BCUT2D eigenvalue weighted by Crippen LogP contribution is -2.32. The Labute approximate surface area is 78.0 Å². The monoisotopic (exact) mass is 181 g/mol. The van der Waals surface area contributed by atoms with Crippen molar-refractivity contribution in [1.82, 2.24) is 4.90 Å². The first-order valence-corrected chi connectivity index (χ1v) is 5.37. The molecule has 1 nitrogen and oxygen atoms in total. The number of nitrogens with zero attached hydrogens (tertiary/aromatic N) is 1. The first-order valence-electron chi connectivity index (χ1n) is 4.49. The summed E-state index contributed by atoms with van der Waals surface area (Å²) < 4.78 is 0. The highest BCUT2D eigenvalue weighted by Crippen LogP contribution is 2.27. The van der Waals surface area contributed by atoms with Crippen LogP contribution < -0.4 is 0 Å². The van der Waals surface area contributed by atoms with Crippen LogP contribution in [0.2, 0.25) is 0 Å². The zero-order valence-electron chi connectivity index (χ0n) is 7.71. The quantitative estimate of drug-likeness (QED) is 0.642. The molecule has 1 aliphatic rings. The van der Waals surface area contributed by atoms with Gasteiger partial charge in [-0.05, 0) is 50.4 Å². The first-order chi connectivity index (χ1) is 5.77. The molecule has 0 amide bonds. The summed E-state index contributed by atoms with van der Waals surface area (Å²) in [5.41, 5.74) is 1.60. The summed E-state index contributed by atoms with van der Waals surface area (Å²) in [4.78, 5) is 3.96. The molecular weight excluding hydrogens is 166 g/mol. The molecule has 0 spiro atoms. The molecule has 0 N–H and O–H groups in total. The van der Waals surface area contributed by atoms with Gasteiger partial charge in [0.2, 0.25) is 0 Å². The molecule has 0 aliphatic heterocycles. The van der Waals surface area contributed by atoms with Crippen molar-refractivity contribution in [3.05, 3.63) is 21.9 Å². The number of aryl methyl sites for hydroxylation is 1. The van der Waals surface area contributed by atoms with Gasteiger partial charge in [0.15, 0.2) is 0 Å². The summed E-state index contributed by atoms with van der Waals surface area (Å²) in [6, 6.07) is 3.06. The van der Waals surface area contributed by atoms with Gasteiger partial charge in [-0.3, -0.25) is 0 Å². The van der Waals surface area contributed by atoms with Gasteiger partial charge in [0.25, 0.3) is 0 Å². The second-order valence-corrected chi connectivity index (χ2v) is 4.73. The van der Waals surface area contributed by atoms with Crippen LogP contribution in [0.5, 0.6) is 0 Å². The van der Waals surface area contributed by atoms with Gasteiger partial charge in [-0.1, -0.05) is 0 Å². The number of thiophene rings is 1. The lowest BCUT2D eigenvalue weighted by molar-refractivity contribution is 0.270. The third kappa shape index (κ3) is 1.41. The summed E-state index contributed by atoms with van der Waals surface area (Å²) in [6.45, 7) is 0. The minimum absolute atomic E-state index is 0.774. The zero-order chi connectivity index (χ0) is 8.55. The van der Waals surface area contributed by atoms with E-state index in [9.17, 15) is 0 Å². The molecule has 1 atom stereocenters. The largest absolute Gasteiger partial charge is 0.306 e. The van der Waals surface area contributed by atoms with Crippen molar-refractivity contribution in [3.8, 4) is 0 Å². The normalized spacial score (nSPS) is 22.8. The van der Waals surface area contributed by atoms with Crippen LogP contribution in [-0.4, -0.2) is 25.0 Å². The maximum atomic E-state index is 2.35. The third-order valence-corrected chi connectivity index (χ3v) is 3.72. The van der Waals surface area contributed by atoms with Crippen molar-refractivity contribution in [2.75, 3.05) is 14.1 Å². The molecule has 0 saturated carbocycles. The predicted molar refractivity (Wildman–Crippen MR) is 53.8 cm³/mol. The van der Waals surface area contributed by atoms with Crippen LogP contribution in [0.15, 0.2) is 11.4 Å². The molecule has 1 aromatic heterocycles. The summed E-state index contributed by atoms with van der Waals surface area (Å²) in [5.74, 6) is 0. The van der Waals surface area contributed by atoms with E-state index in [4.69, 9.17) is 0 Å². The molecule has 1 unspecified atom stereocenters. The average Bonchev–Trinajstić information content (AvgIpc) is 2.49. The number of hydrogen-bond donors (Lipinski definition) is 0. The molecule has 0 fully saturated rings. The van der Waals surface area contributed by atoms with Crippen LogP contribution in [0.1, 0.15) is 16.9 Å². The maximum absolute atomic E-state index is 2.35. The Kier molecular flexibility index (Phi) is 2.20. The Bertz CT molecular complexity index is 265. The fourth-order valence-corrected chi connectivity index (χ4v) is 2.85. The topological polar surface area (TPSA) is 3.24 Å². The van der Waals surface area contributed by atoms with Gasteiger partial charge < -0.3 is 4.90 Å². The summed E-state index contributed by atoms with van der Waals surface area (Å²) >= 11 is 1.92. The van der Waals surface area contributed by atoms with E-state index in [-0.39, 0.29) is 0 Å². The number of hydrogen-bond acceptors (Lipinski definition) is 2. The zero-order valence-corrected chi connectivity index (χ0v) is 8.53. The summed E-state index contributed by atoms with van der Waals surface area (Å²) in [5, 5.41) is 2.22. The van der Waals surface area contributed by atoms with Crippen molar-refractivity contribution in [2.24, 2.45) is 0 Å². The van der Waals surface area contributed by atoms with Gasteiger partial charge >= 0.3 is 0 Å². The first kappa shape index (κ1) is 8.27. The third-order valence-electron chi connectivity index (χ3n) is 2.74. The summed E-state index contributed by atoms with van der Waals surface area (Å²) in [6.07, 6.45) is 3.87. The molecule has 1 heterocycles. The van der Waals surface area contributed by atoms with E-state index in [1.807, 2.05) is 11.3 Å². The van der Waals surface area contributed by atoms with E-state index >= 15 is 0 Å². The van der Waals surface area contributed by atoms with E-state index in [0.29, 0.717) is 0 Å². The molecule has 1 aliphatic carbocycles. The lowest BCUT2D eigenvalue weighted by atomic mass is 9.94. The molecule has 0 saturated heterocycles. The van der Waals surface area contributed by atoms with Gasteiger partial charge in [0.1, 0.15) is 0 Å². The van der Waals surface area contributed by atoms with Gasteiger partial charge in [0, 0.05) is 10.9 Å². The van der Waals surface area contributed by atoms with Crippen LogP contribution in [0.3, 0.4) is 0 Å². The molecule has 2 heteroatoms. The standard InChI is InChI=1S/C10H15NS/c1-11(2)9-4-3-8-5-6-12-10(8)7-9/h5-6,9H,3-4,7H2,1-2H3. The highest BCUT2D eigenvalue weighted by Gasteiger charge is 2.20. The van der Waals surface area contributed by atoms with E-state index in [2.05, 4.69) is 30.4 Å². The fourth-order valence-electron chi connectivity index (χ4n) is 1.85. The molecule has 0 aromatic carbocycles. The lowest BCUT2D eigenvalue weighted by Gasteiger charge is -2.27. The molecule has 12 heavy (non-hydrogen) atoms. The number of fused-ring (bicyclic) bond motifs is 1.